The van der Waals surface area contributed by atoms with Crippen molar-refractivity contribution in [1.29, 1.82) is 0 Å². The van der Waals surface area contributed by atoms with Crippen molar-refractivity contribution >= 4 is 16.8 Å². The molecule has 8 heteroatoms. The molecule has 0 bridgehead atoms. The summed E-state index contributed by atoms with van der Waals surface area (Å²) in [4.78, 5) is 20.0. The third-order valence-electron chi connectivity index (χ3n) is 6.35. The summed E-state index contributed by atoms with van der Waals surface area (Å²) in [5.74, 6) is 1.46. The second-order valence-corrected chi connectivity index (χ2v) is 8.60. The average Bonchev–Trinajstić information content (AvgIpc) is 3.16. The number of rotatable bonds is 5. The highest BCUT2D eigenvalue weighted by Gasteiger charge is 2.34. The van der Waals surface area contributed by atoms with Gasteiger partial charge in [-0.15, -0.1) is 0 Å². The summed E-state index contributed by atoms with van der Waals surface area (Å²) in [5, 5.41) is 0.984. The number of nitrogens with zero attached hydrogens (tertiary/aromatic N) is 4. The lowest BCUT2D eigenvalue weighted by Gasteiger charge is -2.35. The SMILES string of the molecule is CC(F)(F)N1CCC(Oc2ccc(-n3ccc4cc(C(=O)N5CCC5)ccc43)nc2)CC1. The van der Waals surface area contributed by atoms with E-state index >= 15 is 0 Å². The minimum Gasteiger partial charge on any atom is -0.489 e. The molecule has 168 valence electrons. The number of alkyl halides is 2. The van der Waals surface area contributed by atoms with Crippen molar-refractivity contribution in [3.05, 3.63) is 54.4 Å². The highest BCUT2D eigenvalue weighted by molar-refractivity contribution is 5.98. The lowest BCUT2D eigenvalue weighted by atomic mass is 10.1. The molecule has 0 spiro atoms. The number of fused-ring (bicyclic) bond motifs is 1. The van der Waals surface area contributed by atoms with Gasteiger partial charge in [0.05, 0.1) is 11.7 Å². The first-order valence-electron chi connectivity index (χ1n) is 11.0. The van der Waals surface area contributed by atoms with Gasteiger partial charge in [-0.2, -0.15) is 8.78 Å². The van der Waals surface area contributed by atoms with Gasteiger partial charge in [0.25, 0.3) is 5.91 Å². The zero-order valence-corrected chi connectivity index (χ0v) is 18.0. The highest BCUT2D eigenvalue weighted by Crippen LogP contribution is 2.27. The predicted octanol–water partition coefficient (Wildman–Crippen LogP) is 4.33. The number of hydrogen-bond acceptors (Lipinski definition) is 4. The lowest BCUT2D eigenvalue weighted by molar-refractivity contribution is -0.144. The maximum atomic E-state index is 13.4. The molecule has 2 fully saturated rings. The van der Waals surface area contributed by atoms with Gasteiger partial charge in [-0.05, 0) is 55.7 Å². The number of carbonyl (C=O) groups is 1. The minimum atomic E-state index is -2.78. The molecule has 2 aliphatic rings. The van der Waals surface area contributed by atoms with Crippen molar-refractivity contribution in [2.45, 2.75) is 38.3 Å². The molecule has 2 aliphatic heterocycles. The van der Waals surface area contributed by atoms with Crippen molar-refractivity contribution in [3.63, 3.8) is 0 Å². The topological polar surface area (TPSA) is 50.6 Å². The molecule has 2 aromatic heterocycles. The van der Waals surface area contributed by atoms with E-state index < -0.39 is 6.05 Å². The van der Waals surface area contributed by atoms with Crippen molar-refractivity contribution in [3.8, 4) is 11.6 Å². The maximum Gasteiger partial charge on any atom is 0.302 e. The van der Waals surface area contributed by atoms with Crippen molar-refractivity contribution in [2.75, 3.05) is 26.2 Å². The Morgan fingerprint density at radius 2 is 1.88 bits per heavy atom. The maximum absolute atomic E-state index is 13.4. The number of hydrogen-bond donors (Lipinski definition) is 0. The number of carbonyl (C=O) groups excluding carboxylic acids is 1. The lowest BCUT2D eigenvalue weighted by Crippen LogP contribution is -2.46. The van der Waals surface area contributed by atoms with Gasteiger partial charge in [0.15, 0.2) is 0 Å². The molecule has 0 aliphatic carbocycles. The largest absolute Gasteiger partial charge is 0.489 e. The number of piperidine rings is 1. The number of aromatic nitrogens is 2. The summed E-state index contributed by atoms with van der Waals surface area (Å²) in [6.07, 6.45) is 5.72. The Bertz CT molecular complexity index is 1110. The number of benzene rings is 1. The first-order chi connectivity index (χ1) is 15.4. The van der Waals surface area contributed by atoms with E-state index in [0.717, 1.165) is 43.2 Å². The zero-order chi connectivity index (χ0) is 22.3. The molecule has 4 heterocycles. The summed E-state index contributed by atoms with van der Waals surface area (Å²) in [5.41, 5.74) is 1.68. The van der Waals surface area contributed by atoms with E-state index in [4.69, 9.17) is 4.74 Å². The Labute approximate surface area is 185 Å². The third-order valence-corrected chi connectivity index (χ3v) is 6.35. The van der Waals surface area contributed by atoms with Crippen LogP contribution in [0.4, 0.5) is 8.78 Å². The fraction of sp³-hybridized carbons (Fsp3) is 0.417. The monoisotopic (exact) mass is 440 g/mol. The molecule has 2 saturated heterocycles. The second-order valence-electron chi connectivity index (χ2n) is 8.60. The van der Waals surface area contributed by atoms with Gasteiger partial charge < -0.3 is 14.2 Å². The van der Waals surface area contributed by atoms with Gasteiger partial charge in [-0.25, -0.2) is 9.88 Å². The van der Waals surface area contributed by atoms with E-state index in [-0.39, 0.29) is 12.0 Å². The van der Waals surface area contributed by atoms with Crippen LogP contribution in [-0.2, 0) is 0 Å². The standard InChI is InChI=1S/C24H26F2N4O2/c1-24(25,26)29-12-8-19(9-13-29)32-20-4-6-22(27-16-20)30-14-7-17-15-18(3-5-21(17)30)23(31)28-10-2-11-28/h3-7,14-16,19H,2,8-13H2,1H3. The van der Waals surface area contributed by atoms with Crippen LogP contribution in [0, 0.1) is 0 Å². The summed E-state index contributed by atoms with van der Waals surface area (Å²) >= 11 is 0. The third kappa shape index (κ3) is 4.07. The first kappa shape index (κ1) is 20.9. The fourth-order valence-corrected chi connectivity index (χ4v) is 4.32. The predicted molar refractivity (Wildman–Crippen MR) is 117 cm³/mol. The molecule has 0 radical (unpaired) electrons. The van der Waals surface area contributed by atoms with E-state index in [1.54, 1.807) is 6.20 Å². The van der Waals surface area contributed by atoms with Gasteiger partial charge in [0, 0.05) is 50.2 Å². The number of ether oxygens (including phenoxy) is 1. The molecule has 0 N–H and O–H groups in total. The summed E-state index contributed by atoms with van der Waals surface area (Å²) in [7, 11) is 0. The van der Waals surface area contributed by atoms with Crippen LogP contribution in [0.1, 0.15) is 36.5 Å². The van der Waals surface area contributed by atoms with E-state index in [0.29, 0.717) is 37.2 Å². The smallest absolute Gasteiger partial charge is 0.302 e. The van der Waals surface area contributed by atoms with Crippen molar-refractivity contribution in [2.24, 2.45) is 0 Å². The summed E-state index contributed by atoms with van der Waals surface area (Å²) < 4.78 is 34.8. The molecule has 3 aromatic rings. The van der Waals surface area contributed by atoms with Crippen LogP contribution >= 0.6 is 0 Å². The Morgan fingerprint density at radius 3 is 2.50 bits per heavy atom. The molecule has 32 heavy (non-hydrogen) atoms. The normalized spacial score (nSPS) is 18.0. The van der Waals surface area contributed by atoms with Crippen LogP contribution in [0.5, 0.6) is 5.75 Å². The molecular formula is C24H26F2N4O2. The number of amides is 1. The molecule has 0 saturated carbocycles. The second kappa shape index (κ2) is 8.16. The average molecular weight is 440 g/mol. The Morgan fingerprint density at radius 1 is 1.09 bits per heavy atom. The van der Waals surface area contributed by atoms with Crippen LogP contribution in [0.25, 0.3) is 16.7 Å². The number of pyridine rings is 1. The van der Waals surface area contributed by atoms with E-state index in [2.05, 4.69) is 4.98 Å². The zero-order valence-electron chi connectivity index (χ0n) is 18.0. The highest BCUT2D eigenvalue weighted by atomic mass is 19.3. The van der Waals surface area contributed by atoms with E-state index in [9.17, 15) is 13.6 Å². The molecule has 0 unspecified atom stereocenters. The van der Waals surface area contributed by atoms with Crippen molar-refractivity contribution in [1.82, 2.24) is 19.4 Å². The molecule has 1 amide bonds. The minimum absolute atomic E-state index is 0.0824. The van der Waals surface area contributed by atoms with E-state index in [1.807, 2.05) is 52.1 Å². The van der Waals surface area contributed by atoms with Gasteiger partial charge in [0.1, 0.15) is 17.7 Å². The van der Waals surface area contributed by atoms with Gasteiger partial charge in [0.2, 0.25) is 0 Å². The number of halogens is 2. The van der Waals surface area contributed by atoms with Crippen LogP contribution in [-0.4, -0.2) is 63.6 Å². The van der Waals surface area contributed by atoms with Gasteiger partial charge >= 0.3 is 6.05 Å². The summed E-state index contributed by atoms with van der Waals surface area (Å²) in [6, 6.07) is 8.67. The summed E-state index contributed by atoms with van der Waals surface area (Å²) in [6.45, 7) is 3.24. The Hall–Kier alpha value is -3.00. The fourth-order valence-electron chi connectivity index (χ4n) is 4.32. The molecular weight excluding hydrogens is 414 g/mol. The van der Waals surface area contributed by atoms with E-state index in [1.165, 1.54) is 4.90 Å². The Kier molecular flexibility index (Phi) is 5.33. The van der Waals surface area contributed by atoms with Gasteiger partial charge in [-0.1, -0.05) is 0 Å². The quantitative estimate of drug-likeness (QED) is 0.555. The molecule has 6 nitrogen and oxygen atoms in total. The van der Waals surface area contributed by atoms with Gasteiger partial charge in [-0.3, -0.25) is 4.79 Å². The van der Waals surface area contributed by atoms with Crippen LogP contribution in [0.3, 0.4) is 0 Å². The molecule has 5 rings (SSSR count). The van der Waals surface area contributed by atoms with Crippen LogP contribution in [0.2, 0.25) is 0 Å². The first-order valence-corrected chi connectivity index (χ1v) is 11.0. The molecule has 0 atom stereocenters. The van der Waals surface area contributed by atoms with Crippen molar-refractivity contribution < 1.29 is 18.3 Å². The van der Waals surface area contributed by atoms with Crippen LogP contribution < -0.4 is 4.74 Å². The number of likely N-dealkylation sites (tertiary alicyclic amines) is 2. The van der Waals surface area contributed by atoms with Crippen LogP contribution in [0.15, 0.2) is 48.8 Å². The Balaban J connectivity index is 1.26. The molecule has 1 aromatic carbocycles.